The first kappa shape index (κ1) is 22.0. The molecule has 27 heavy (non-hydrogen) atoms. The maximum atomic E-state index is 9.93. The molecule has 3 aromatic carbocycles. The van der Waals surface area contributed by atoms with Gasteiger partial charge < -0.3 is 0 Å². The molecule has 0 aliphatic rings. The first-order valence-electron chi connectivity index (χ1n) is 7.46. The van der Waals surface area contributed by atoms with Crippen molar-refractivity contribution in [2.75, 3.05) is 0 Å². The van der Waals surface area contributed by atoms with Gasteiger partial charge in [0.05, 0.1) is 5.02 Å². The summed E-state index contributed by atoms with van der Waals surface area (Å²) < 4.78 is 59.6. The number of hydrogen-bond donors (Lipinski definition) is 0. The second kappa shape index (κ2) is 7.61. The van der Waals surface area contributed by atoms with E-state index in [-0.39, 0.29) is 10.9 Å². The van der Waals surface area contributed by atoms with Crippen LogP contribution in [0.1, 0.15) is 0 Å². The molecule has 0 radical (unpaired) electrons. The molecule has 0 aliphatic heterocycles. The van der Waals surface area contributed by atoms with Crippen LogP contribution in [0.2, 0.25) is 5.02 Å². The van der Waals surface area contributed by atoms with E-state index in [1.165, 1.54) is 14.7 Å². The average molecular weight is 534 g/mol. The summed E-state index contributed by atoms with van der Waals surface area (Å²) in [6.45, 7) is 0. The zero-order valence-corrected chi connectivity index (χ0v) is 17.7. The zero-order chi connectivity index (χ0) is 20.2. The first-order chi connectivity index (χ1) is 12.3. The van der Waals surface area contributed by atoms with Crippen LogP contribution in [0.3, 0.4) is 0 Å². The Labute approximate surface area is 163 Å². The Kier molecular flexibility index (Phi) is 6.20. The Bertz CT molecular complexity index is 835. The average Bonchev–Trinajstić information content (AvgIpc) is 2.56. The van der Waals surface area contributed by atoms with Gasteiger partial charge in [0.1, 0.15) is 10.9 Å². The standard InChI is InChI=1S/C18H14ClS.6FH.Sb/c19-17-13-7-8-14-18(17)20(15-9-3-1-4-10-15)16-11-5-2-6-12-16;;;;;;;/h1-14H;6*1H;/q+1;;;;;;;+5/p-6. The van der Waals surface area contributed by atoms with E-state index in [1.54, 1.807) is 0 Å². The number of halogens is 7. The predicted octanol–water partition coefficient (Wildman–Crippen LogP) is 7.58. The van der Waals surface area contributed by atoms with Crippen LogP contribution in [0.5, 0.6) is 0 Å². The third-order valence-electron chi connectivity index (χ3n) is 3.01. The van der Waals surface area contributed by atoms with Crippen molar-refractivity contribution in [3.05, 3.63) is 90.0 Å². The fraction of sp³-hybridized carbons (Fsp3) is 0. The molecule has 0 unspecified atom stereocenters. The minimum absolute atomic E-state index is 0.158. The zero-order valence-electron chi connectivity index (χ0n) is 13.6. The number of benzene rings is 3. The topological polar surface area (TPSA) is 0 Å². The second-order valence-corrected chi connectivity index (χ2v) is 13.2. The van der Waals surface area contributed by atoms with Crippen LogP contribution in [0.15, 0.2) is 99.6 Å². The third kappa shape index (κ3) is 8.95. The van der Waals surface area contributed by atoms with Crippen molar-refractivity contribution in [1.82, 2.24) is 0 Å². The molecule has 0 atom stereocenters. The Balaban J connectivity index is 0.000000321. The summed E-state index contributed by atoms with van der Waals surface area (Å²) in [5.74, 6) is 0. The quantitative estimate of drug-likeness (QED) is 0.185. The first-order valence-corrected chi connectivity index (χ1v) is 14.9. The van der Waals surface area contributed by atoms with Gasteiger partial charge in [0, 0.05) is 0 Å². The number of rotatable bonds is 3. The molecule has 0 saturated heterocycles. The summed E-state index contributed by atoms with van der Waals surface area (Å²) in [5.41, 5.74) is 0. The van der Waals surface area contributed by atoms with Gasteiger partial charge in [-0.25, -0.2) is 0 Å². The van der Waals surface area contributed by atoms with Crippen LogP contribution in [-0.2, 0) is 10.9 Å². The van der Waals surface area contributed by atoms with Crippen LogP contribution in [0.4, 0.5) is 16.9 Å². The monoisotopic (exact) mass is 532 g/mol. The molecule has 9 heteroatoms. The fourth-order valence-electron chi connectivity index (χ4n) is 2.11. The molecular formula is C18H14ClF6SSb. The van der Waals surface area contributed by atoms with Gasteiger partial charge in [0.15, 0.2) is 14.7 Å². The van der Waals surface area contributed by atoms with Crippen molar-refractivity contribution in [3.63, 3.8) is 0 Å². The summed E-state index contributed by atoms with van der Waals surface area (Å²) >= 11 is -4.82. The molecule has 3 rings (SSSR count). The second-order valence-electron chi connectivity index (χ2n) is 5.32. The van der Waals surface area contributed by atoms with Crippen molar-refractivity contribution in [2.24, 2.45) is 0 Å². The Morgan fingerprint density at radius 2 is 0.889 bits per heavy atom. The van der Waals surface area contributed by atoms with Crippen molar-refractivity contribution >= 4 is 42.0 Å². The van der Waals surface area contributed by atoms with Gasteiger partial charge in [0.25, 0.3) is 0 Å². The molecule has 0 bridgehead atoms. The van der Waals surface area contributed by atoms with Crippen molar-refractivity contribution in [1.29, 1.82) is 0 Å². The third-order valence-corrected chi connectivity index (χ3v) is 5.74. The summed E-state index contributed by atoms with van der Waals surface area (Å²) in [6, 6.07) is 29.2. The summed E-state index contributed by atoms with van der Waals surface area (Å²) in [4.78, 5) is 3.74. The van der Waals surface area contributed by atoms with Crippen molar-refractivity contribution in [3.8, 4) is 0 Å². The van der Waals surface area contributed by atoms with E-state index >= 15 is 0 Å². The van der Waals surface area contributed by atoms with Crippen molar-refractivity contribution in [2.45, 2.75) is 14.7 Å². The van der Waals surface area contributed by atoms with Crippen LogP contribution >= 0.6 is 11.6 Å². The van der Waals surface area contributed by atoms with E-state index in [4.69, 9.17) is 11.6 Å². The molecule has 0 N–H and O–H groups in total. The van der Waals surface area contributed by atoms with Gasteiger partial charge in [-0.1, -0.05) is 60.1 Å². The Hall–Kier alpha value is -1.30. The Morgan fingerprint density at radius 3 is 1.26 bits per heavy atom. The minimum atomic E-state index is -11.2. The summed E-state index contributed by atoms with van der Waals surface area (Å²) in [6.07, 6.45) is 0. The summed E-state index contributed by atoms with van der Waals surface area (Å²) in [5, 5.41) is 0.823. The molecule has 0 spiro atoms. The molecule has 3 aromatic rings. The van der Waals surface area contributed by atoms with Gasteiger partial charge >= 0.3 is 36.4 Å². The summed E-state index contributed by atoms with van der Waals surface area (Å²) in [7, 11) is -0.158. The molecule has 146 valence electrons. The molecule has 0 aromatic heterocycles. The van der Waals surface area contributed by atoms with E-state index < -0.39 is 19.5 Å². The van der Waals surface area contributed by atoms with E-state index in [0.717, 1.165) is 5.02 Å². The van der Waals surface area contributed by atoms with Crippen LogP contribution in [0.25, 0.3) is 0 Å². The SMILES string of the molecule is Clc1ccccc1[S+](c1ccccc1)c1ccccc1.[F][Sb-]([F])([F])([F])([F])[F]. The molecule has 0 heterocycles. The van der Waals surface area contributed by atoms with Crippen LogP contribution in [-0.4, -0.2) is 19.5 Å². The molecule has 0 fully saturated rings. The van der Waals surface area contributed by atoms with E-state index in [9.17, 15) is 16.9 Å². The van der Waals surface area contributed by atoms with Gasteiger partial charge in [-0.2, -0.15) is 0 Å². The normalized spacial score (nSPS) is 13.9. The van der Waals surface area contributed by atoms with E-state index in [1.807, 2.05) is 30.3 Å². The van der Waals surface area contributed by atoms with Gasteiger partial charge in [-0.15, -0.1) is 0 Å². The van der Waals surface area contributed by atoms with Gasteiger partial charge in [-0.05, 0) is 36.4 Å². The molecule has 0 amide bonds. The van der Waals surface area contributed by atoms with Gasteiger partial charge in [0.2, 0.25) is 0 Å². The maximum absolute atomic E-state index is 11.2. The molecule has 0 nitrogen and oxygen atoms in total. The van der Waals surface area contributed by atoms with Gasteiger partial charge in [-0.3, -0.25) is 0 Å². The Morgan fingerprint density at radius 1 is 0.556 bits per heavy atom. The van der Waals surface area contributed by atoms with Crippen LogP contribution < -0.4 is 0 Å². The van der Waals surface area contributed by atoms with Crippen LogP contribution in [0, 0.1) is 0 Å². The molecular weight excluding hydrogens is 519 g/mol. The van der Waals surface area contributed by atoms with Crippen molar-refractivity contribution < 1.29 is 16.9 Å². The van der Waals surface area contributed by atoms with E-state index in [0.29, 0.717) is 0 Å². The predicted molar refractivity (Wildman–Crippen MR) is 98.9 cm³/mol. The number of hydrogen-bond acceptors (Lipinski definition) is 0. The molecule has 0 aliphatic carbocycles. The molecule has 0 saturated carbocycles. The van der Waals surface area contributed by atoms with E-state index in [2.05, 4.69) is 54.6 Å². The fourth-order valence-corrected chi connectivity index (χ4v) is 4.60.